The molecule has 156 valence electrons. The Balaban J connectivity index is 1.84. The minimum atomic E-state index is -0.752. The van der Waals surface area contributed by atoms with Crippen LogP contribution < -0.4 is 15.2 Å². The van der Waals surface area contributed by atoms with E-state index in [4.69, 9.17) is 15.2 Å². The number of methoxy groups -OCH3 is 1. The molecule has 1 aliphatic heterocycles. The third-order valence-corrected chi connectivity index (χ3v) is 5.87. The average Bonchev–Trinajstić information content (AvgIpc) is 2.95. The highest BCUT2D eigenvalue weighted by atomic mass is 79.9. The summed E-state index contributed by atoms with van der Waals surface area (Å²) in [5.74, 6) is -0.308. The molecule has 0 aliphatic carbocycles. The molecule has 1 aliphatic rings. The predicted molar refractivity (Wildman–Crippen MR) is 118 cm³/mol. The highest BCUT2D eigenvalue weighted by Gasteiger charge is 2.35. The van der Waals surface area contributed by atoms with Gasteiger partial charge >= 0.3 is 0 Å². The summed E-state index contributed by atoms with van der Waals surface area (Å²) >= 11 is 4.24. The molecular formula is C21H19BrN2O5S. The van der Waals surface area contributed by atoms with Gasteiger partial charge in [-0.15, -0.1) is 0 Å². The van der Waals surface area contributed by atoms with Crippen molar-refractivity contribution in [2.75, 3.05) is 13.7 Å². The monoisotopic (exact) mass is 490 g/mol. The molecule has 3 amide bonds. The summed E-state index contributed by atoms with van der Waals surface area (Å²) in [6.45, 7) is 1.94. The number of nitrogens with two attached hydrogens (primary N) is 1. The van der Waals surface area contributed by atoms with Crippen LogP contribution >= 0.6 is 27.7 Å². The highest BCUT2D eigenvalue weighted by Crippen LogP contribution is 2.39. The number of ether oxygens (including phenoxy) is 2. The Labute approximate surface area is 186 Å². The van der Waals surface area contributed by atoms with Crippen molar-refractivity contribution in [1.82, 2.24) is 4.90 Å². The zero-order valence-electron chi connectivity index (χ0n) is 16.3. The van der Waals surface area contributed by atoms with Crippen molar-refractivity contribution in [1.29, 1.82) is 0 Å². The molecule has 30 heavy (non-hydrogen) atoms. The van der Waals surface area contributed by atoms with Gasteiger partial charge in [0.25, 0.3) is 11.1 Å². The maximum Gasteiger partial charge on any atom is 0.294 e. The number of halogens is 1. The SMILES string of the molecule is COc1cc(/C=C2\SC(=O)N(CC(N)=O)C2=O)cc(Br)c1OCc1ccccc1C. The minimum Gasteiger partial charge on any atom is -0.493 e. The van der Waals surface area contributed by atoms with Gasteiger partial charge < -0.3 is 15.2 Å². The van der Waals surface area contributed by atoms with Gasteiger partial charge in [-0.05, 0) is 69.5 Å². The number of benzene rings is 2. The van der Waals surface area contributed by atoms with Crippen LogP contribution in [0.4, 0.5) is 4.79 Å². The van der Waals surface area contributed by atoms with E-state index in [2.05, 4.69) is 15.9 Å². The van der Waals surface area contributed by atoms with Crippen LogP contribution in [0.3, 0.4) is 0 Å². The van der Waals surface area contributed by atoms with Gasteiger partial charge in [-0.3, -0.25) is 19.3 Å². The second kappa shape index (κ2) is 9.36. The number of hydrogen-bond donors (Lipinski definition) is 1. The molecular weight excluding hydrogens is 472 g/mol. The maximum absolute atomic E-state index is 12.4. The molecule has 1 fully saturated rings. The maximum atomic E-state index is 12.4. The number of carbonyl (C=O) groups excluding carboxylic acids is 3. The molecule has 0 aromatic heterocycles. The number of rotatable bonds is 7. The average molecular weight is 491 g/mol. The number of amides is 3. The first-order valence-electron chi connectivity index (χ1n) is 8.88. The molecule has 1 heterocycles. The third-order valence-electron chi connectivity index (χ3n) is 4.37. The second-order valence-electron chi connectivity index (χ2n) is 6.48. The molecule has 2 aromatic carbocycles. The van der Waals surface area contributed by atoms with Gasteiger partial charge in [0, 0.05) is 0 Å². The van der Waals surface area contributed by atoms with E-state index in [1.807, 2.05) is 31.2 Å². The van der Waals surface area contributed by atoms with Crippen LogP contribution in [0.2, 0.25) is 0 Å². The zero-order valence-corrected chi connectivity index (χ0v) is 18.7. The van der Waals surface area contributed by atoms with Crippen molar-refractivity contribution in [2.45, 2.75) is 13.5 Å². The third kappa shape index (κ3) is 4.85. The van der Waals surface area contributed by atoms with E-state index in [-0.39, 0.29) is 4.91 Å². The fourth-order valence-corrected chi connectivity index (χ4v) is 4.24. The first kappa shape index (κ1) is 21.9. The zero-order chi connectivity index (χ0) is 21.8. The first-order chi connectivity index (χ1) is 14.3. The lowest BCUT2D eigenvalue weighted by molar-refractivity contribution is -0.127. The van der Waals surface area contributed by atoms with Gasteiger partial charge in [0.2, 0.25) is 5.91 Å². The number of nitrogens with zero attached hydrogens (tertiary/aromatic N) is 1. The van der Waals surface area contributed by atoms with E-state index in [1.54, 1.807) is 18.2 Å². The lowest BCUT2D eigenvalue weighted by Crippen LogP contribution is -2.36. The van der Waals surface area contributed by atoms with Crippen molar-refractivity contribution >= 4 is 50.8 Å². The topological polar surface area (TPSA) is 98.9 Å². The lowest BCUT2D eigenvalue weighted by atomic mass is 10.1. The van der Waals surface area contributed by atoms with E-state index < -0.39 is 23.6 Å². The van der Waals surface area contributed by atoms with Gasteiger partial charge in [0.1, 0.15) is 13.2 Å². The predicted octanol–water partition coefficient (Wildman–Crippen LogP) is 3.87. The number of thioether (sulfide) groups is 1. The Kier molecular flexibility index (Phi) is 6.84. The van der Waals surface area contributed by atoms with E-state index in [0.717, 1.165) is 27.8 Å². The minimum absolute atomic E-state index is 0.198. The fourth-order valence-electron chi connectivity index (χ4n) is 2.83. The Morgan fingerprint density at radius 1 is 1.27 bits per heavy atom. The highest BCUT2D eigenvalue weighted by molar-refractivity contribution is 9.10. The smallest absolute Gasteiger partial charge is 0.294 e. The van der Waals surface area contributed by atoms with Crippen molar-refractivity contribution < 1.29 is 23.9 Å². The van der Waals surface area contributed by atoms with E-state index in [0.29, 0.717) is 28.1 Å². The number of imide groups is 1. The molecule has 9 heteroatoms. The summed E-state index contributed by atoms with van der Waals surface area (Å²) in [7, 11) is 1.52. The van der Waals surface area contributed by atoms with Crippen LogP contribution in [0, 0.1) is 6.92 Å². The Bertz CT molecular complexity index is 1050. The molecule has 3 rings (SSSR count). The molecule has 0 atom stereocenters. The Morgan fingerprint density at radius 3 is 2.67 bits per heavy atom. The normalized spacial score (nSPS) is 15.0. The fraction of sp³-hybridized carbons (Fsp3) is 0.190. The van der Waals surface area contributed by atoms with Crippen LogP contribution in [0.25, 0.3) is 6.08 Å². The van der Waals surface area contributed by atoms with Crippen molar-refractivity contribution in [3.8, 4) is 11.5 Å². The Morgan fingerprint density at radius 2 is 2.00 bits per heavy atom. The van der Waals surface area contributed by atoms with Gasteiger partial charge in [-0.2, -0.15) is 0 Å². The summed E-state index contributed by atoms with van der Waals surface area (Å²) in [6.07, 6.45) is 1.56. The lowest BCUT2D eigenvalue weighted by Gasteiger charge is -2.14. The first-order valence-corrected chi connectivity index (χ1v) is 10.5. The molecule has 1 saturated heterocycles. The number of aryl methyl sites for hydroxylation is 1. The number of carbonyl (C=O) groups is 3. The van der Waals surface area contributed by atoms with E-state index in [9.17, 15) is 14.4 Å². The molecule has 0 radical (unpaired) electrons. The summed E-state index contributed by atoms with van der Waals surface area (Å²) < 4.78 is 12.1. The van der Waals surface area contributed by atoms with Gasteiger partial charge in [-0.1, -0.05) is 24.3 Å². The molecule has 0 unspecified atom stereocenters. The standard InChI is InChI=1S/C21H19BrN2O5S/c1-12-5-3-4-6-14(12)11-29-19-15(22)7-13(8-16(19)28-2)9-17-20(26)24(10-18(23)25)21(27)30-17/h3-9H,10-11H2,1-2H3,(H2,23,25)/b17-9-. The van der Waals surface area contributed by atoms with Crippen LogP contribution in [0.5, 0.6) is 11.5 Å². The number of primary amides is 1. The second-order valence-corrected chi connectivity index (χ2v) is 8.33. The molecule has 2 aromatic rings. The van der Waals surface area contributed by atoms with Crippen molar-refractivity contribution in [2.24, 2.45) is 5.73 Å². The van der Waals surface area contributed by atoms with Gasteiger partial charge in [0.05, 0.1) is 16.5 Å². The molecule has 0 bridgehead atoms. The summed E-state index contributed by atoms with van der Waals surface area (Å²) in [5, 5.41) is -0.533. The summed E-state index contributed by atoms with van der Waals surface area (Å²) in [6, 6.07) is 11.4. The van der Waals surface area contributed by atoms with E-state index in [1.165, 1.54) is 7.11 Å². The van der Waals surface area contributed by atoms with Crippen molar-refractivity contribution in [3.63, 3.8) is 0 Å². The summed E-state index contributed by atoms with van der Waals surface area (Å²) in [4.78, 5) is 36.5. The van der Waals surface area contributed by atoms with Crippen LogP contribution in [0.15, 0.2) is 45.8 Å². The van der Waals surface area contributed by atoms with Crippen LogP contribution in [-0.4, -0.2) is 35.6 Å². The molecule has 7 nitrogen and oxygen atoms in total. The van der Waals surface area contributed by atoms with Gasteiger partial charge in [-0.25, -0.2) is 0 Å². The molecule has 0 saturated carbocycles. The van der Waals surface area contributed by atoms with Crippen molar-refractivity contribution in [3.05, 3.63) is 62.5 Å². The number of hydrogen-bond acceptors (Lipinski definition) is 6. The van der Waals surface area contributed by atoms with Crippen LogP contribution in [-0.2, 0) is 16.2 Å². The molecule has 0 spiro atoms. The van der Waals surface area contributed by atoms with Crippen LogP contribution in [0.1, 0.15) is 16.7 Å². The van der Waals surface area contributed by atoms with E-state index >= 15 is 0 Å². The Hall–Kier alpha value is -2.78. The summed E-state index contributed by atoms with van der Waals surface area (Å²) in [5.41, 5.74) is 7.91. The quantitative estimate of drug-likeness (QED) is 0.591. The molecule has 2 N–H and O–H groups in total. The van der Waals surface area contributed by atoms with Gasteiger partial charge in [0.15, 0.2) is 11.5 Å². The largest absolute Gasteiger partial charge is 0.493 e.